The number of H-pyrrole nitrogens is 1. The number of hydrogen-bond acceptors (Lipinski definition) is 7. The molecule has 2 amide bonds. The Hall–Kier alpha value is -3.88. The highest BCUT2D eigenvalue weighted by Gasteiger charge is 2.39. The standard InChI is InChI=1S/C17H10N2O7/c1-24-16(22)10-7-25-12-6-11(18-13(10)12)17(23)26-19-14(20)8-4-2-3-5-9(8)15(19)21/h2-7,18H,1H3. The van der Waals surface area contributed by atoms with E-state index >= 15 is 0 Å². The average molecular weight is 354 g/mol. The summed E-state index contributed by atoms with van der Waals surface area (Å²) in [6, 6.07) is 7.43. The molecule has 3 heterocycles. The van der Waals surface area contributed by atoms with Crippen LogP contribution in [0.1, 0.15) is 41.6 Å². The number of amides is 2. The van der Waals surface area contributed by atoms with Crippen molar-refractivity contribution in [1.29, 1.82) is 0 Å². The van der Waals surface area contributed by atoms with E-state index in [1.807, 2.05) is 0 Å². The van der Waals surface area contributed by atoms with Crippen LogP contribution < -0.4 is 0 Å². The summed E-state index contributed by atoms with van der Waals surface area (Å²) < 4.78 is 9.79. The highest BCUT2D eigenvalue weighted by atomic mass is 16.7. The van der Waals surface area contributed by atoms with Crippen molar-refractivity contribution in [3.05, 3.63) is 59.0 Å². The van der Waals surface area contributed by atoms with Crippen molar-refractivity contribution in [2.24, 2.45) is 0 Å². The van der Waals surface area contributed by atoms with Gasteiger partial charge in [0.25, 0.3) is 11.8 Å². The zero-order valence-electron chi connectivity index (χ0n) is 13.3. The van der Waals surface area contributed by atoms with Crippen LogP contribution in [0.15, 0.2) is 41.0 Å². The summed E-state index contributed by atoms with van der Waals surface area (Å²) in [5.41, 5.74) is 0.770. The number of benzene rings is 1. The third kappa shape index (κ3) is 2.18. The first-order chi connectivity index (χ1) is 12.5. The molecule has 4 rings (SSSR count). The van der Waals surface area contributed by atoms with Crippen molar-refractivity contribution in [1.82, 2.24) is 10.0 Å². The number of nitrogens with one attached hydrogen (secondary N) is 1. The van der Waals surface area contributed by atoms with Crippen molar-refractivity contribution in [3.8, 4) is 0 Å². The molecule has 26 heavy (non-hydrogen) atoms. The second-order valence-corrected chi connectivity index (χ2v) is 5.39. The highest BCUT2D eigenvalue weighted by molar-refractivity contribution is 6.21. The summed E-state index contributed by atoms with van der Waals surface area (Å²) in [6.45, 7) is 0. The van der Waals surface area contributed by atoms with Gasteiger partial charge in [-0.3, -0.25) is 9.59 Å². The number of aromatic nitrogens is 1. The Morgan fingerprint density at radius 2 is 1.73 bits per heavy atom. The SMILES string of the molecule is COC(=O)c1coc2cc(C(=O)ON3C(=O)c4ccccc4C3=O)[nH]c12. The number of rotatable bonds is 3. The first-order valence-electron chi connectivity index (χ1n) is 7.40. The number of aromatic amines is 1. The van der Waals surface area contributed by atoms with E-state index in [9.17, 15) is 19.2 Å². The Morgan fingerprint density at radius 1 is 1.08 bits per heavy atom. The monoisotopic (exact) mass is 354 g/mol. The van der Waals surface area contributed by atoms with Gasteiger partial charge in [-0.1, -0.05) is 17.2 Å². The first kappa shape index (κ1) is 15.6. The Labute approximate surface area is 145 Å². The molecule has 0 fully saturated rings. The first-order valence-corrected chi connectivity index (χ1v) is 7.40. The topological polar surface area (TPSA) is 119 Å². The van der Waals surface area contributed by atoms with Crippen LogP contribution in [-0.4, -0.2) is 40.9 Å². The largest absolute Gasteiger partial charge is 0.465 e. The van der Waals surface area contributed by atoms with Crippen LogP contribution in [0.5, 0.6) is 0 Å². The van der Waals surface area contributed by atoms with Crippen LogP contribution >= 0.6 is 0 Å². The van der Waals surface area contributed by atoms with Gasteiger partial charge in [0.05, 0.1) is 23.8 Å². The molecule has 0 bridgehead atoms. The van der Waals surface area contributed by atoms with Gasteiger partial charge in [0, 0.05) is 6.07 Å². The van der Waals surface area contributed by atoms with Gasteiger partial charge < -0.3 is 19.0 Å². The molecule has 1 aromatic carbocycles. The molecule has 1 N–H and O–H groups in total. The lowest BCUT2D eigenvalue weighted by Gasteiger charge is -2.11. The minimum Gasteiger partial charge on any atom is -0.465 e. The van der Waals surface area contributed by atoms with E-state index in [2.05, 4.69) is 9.72 Å². The summed E-state index contributed by atoms with van der Waals surface area (Å²) in [6.07, 6.45) is 1.19. The summed E-state index contributed by atoms with van der Waals surface area (Å²) in [7, 11) is 1.21. The van der Waals surface area contributed by atoms with Crippen LogP contribution in [0.3, 0.4) is 0 Å². The second kappa shape index (κ2) is 5.59. The van der Waals surface area contributed by atoms with Crippen molar-refractivity contribution < 1.29 is 33.2 Å². The number of imide groups is 1. The van der Waals surface area contributed by atoms with Gasteiger partial charge in [-0.05, 0) is 12.1 Å². The number of esters is 1. The zero-order valence-corrected chi connectivity index (χ0v) is 13.3. The number of hydroxylamine groups is 2. The van der Waals surface area contributed by atoms with Gasteiger partial charge in [0.15, 0.2) is 5.58 Å². The Bertz CT molecular complexity index is 1060. The van der Waals surface area contributed by atoms with E-state index < -0.39 is 23.8 Å². The van der Waals surface area contributed by atoms with E-state index in [1.54, 1.807) is 12.1 Å². The Balaban J connectivity index is 1.61. The second-order valence-electron chi connectivity index (χ2n) is 5.39. The van der Waals surface area contributed by atoms with E-state index in [1.165, 1.54) is 31.6 Å². The molecule has 0 unspecified atom stereocenters. The maximum absolute atomic E-state index is 12.3. The smallest absolute Gasteiger partial charge is 0.380 e. The molecular formula is C17H10N2O7. The van der Waals surface area contributed by atoms with Crippen molar-refractivity contribution in [2.75, 3.05) is 7.11 Å². The fourth-order valence-electron chi connectivity index (χ4n) is 2.66. The summed E-state index contributed by atoms with van der Waals surface area (Å²) in [5, 5.41) is 0.400. The fraction of sp³-hybridized carbons (Fsp3) is 0.0588. The van der Waals surface area contributed by atoms with Crippen molar-refractivity contribution >= 4 is 34.9 Å². The molecule has 2 aromatic heterocycles. The van der Waals surface area contributed by atoms with Gasteiger partial charge in [-0.25, -0.2) is 9.59 Å². The molecule has 1 aliphatic rings. The van der Waals surface area contributed by atoms with Crippen LogP contribution in [0.25, 0.3) is 11.1 Å². The van der Waals surface area contributed by atoms with Gasteiger partial charge >= 0.3 is 11.9 Å². The Morgan fingerprint density at radius 3 is 2.35 bits per heavy atom. The maximum atomic E-state index is 12.3. The van der Waals surface area contributed by atoms with E-state index in [0.29, 0.717) is 5.06 Å². The molecule has 0 saturated carbocycles. The molecule has 0 spiro atoms. The summed E-state index contributed by atoms with van der Waals surface area (Å²) in [4.78, 5) is 56.0. The average Bonchev–Trinajstić information content (AvgIpc) is 3.30. The molecule has 0 radical (unpaired) electrons. The number of furan rings is 1. The van der Waals surface area contributed by atoms with Crippen LogP contribution in [0.4, 0.5) is 0 Å². The van der Waals surface area contributed by atoms with E-state index in [4.69, 9.17) is 9.25 Å². The fourth-order valence-corrected chi connectivity index (χ4v) is 2.66. The maximum Gasteiger partial charge on any atom is 0.380 e. The molecule has 0 saturated heterocycles. The minimum absolute atomic E-state index is 0.0962. The number of methoxy groups -OCH3 is 1. The summed E-state index contributed by atoms with van der Waals surface area (Å²) in [5.74, 6) is -3.10. The van der Waals surface area contributed by atoms with Crippen LogP contribution in [0, 0.1) is 0 Å². The van der Waals surface area contributed by atoms with Crippen LogP contribution in [-0.2, 0) is 9.57 Å². The van der Waals surface area contributed by atoms with Gasteiger partial charge in [-0.15, -0.1) is 0 Å². The lowest BCUT2D eigenvalue weighted by Crippen LogP contribution is -2.32. The third-order valence-corrected chi connectivity index (χ3v) is 3.91. The molecule has 9 nitrogen and oxygen atoms in total. The third-order valence-electron chi connectivity index (χ3n) is 3.91. The van der Waals surface area contributed by atoms with E-state index in [0.717, 1.165) is 0 Å². The van der Waals surface area contributed by atoms with E-state index in [-0.39, 0.29) is 33.5 Å². The van der Waals surface area contributed by atoms with Gasteiger partial charge in [0.1, 0.15) is 17.5 Å². The normalized spacial score (nSPS) is 13.2. The minimum atomic E-state index is -0.985. The molecule has 130 valence electrons. The molecule has 9 heteroatoms. The molecule has 1 aliphatic heterocycles. The number of nitrogens with zero attached hydrogens (tertiary/aromatic N) is 1. The molecule has 0 atom stereocenters. The predicted molar refractivity (Wildman–Crippen MR) is 84.3 cm³/mol. The highest BCUT2D eigenvalue weighted by Crippen LogP contribution is 2.25. The molecule has 0 aliphatic carbocycles. The summed E-state index contributed by atoms with van der Waals surface area (Å²) >= 11 is 0. The lowest BCUT2D eigenvalue weighted by atomic mass is 10.1. The van der Waals surface area contributed by atoms with Gasteiger partial charge in [0.2, 0.25) is 0 Å². The predicted octanol–water partition coefficient (Wildman–Crippen LogP) is 1.92. The lowest BCUT2D eigenvalue weighted by molar-refractivity contribution is -0.0587. The number of fused-ring (bicyclic) bond motifs is 2. The number of carbonyl (C=O) groups is 4. The molecule has 3 aromatic rings. The van der Waals surface area contributed by atoms with Gasteiger partial charge in [-0.2, -0.15) is 0 Å². The number of carbonyl (C=O) groups excluding carboxylic acids is 4. The quantitative estimate of drug-likeness (QED) is 0.563. The van der Waals surface area contributed by atoms with Crippen molar-refractivity contribution in [2.45, 2.75) is 0 Å². The van der Waals surface area contributed by atoms with Crippen LogP contribution in [0.2, 0.25) is 0 Å². The molecular weight excluding hydrogens is 344 g/mol. The Kier molecular flexibility index (Phi) is 3.36. The number of hydrogen-bond donors (Lipinski definition) is 1. The zero-order chi connectivity index (χ0) is 18.4. The van der Waals surface area contributed by atoms with Crippen molar-refractivity contribution in [3.63, 3.8) is 0 Å². The number of ether oxygens (including phenoxy) is 1.